The Labute approximate surface area is 166 Å². The first-order chi connectivity index (χ1) is 13.4. The minimum Gasteiger partial charge on any atom is -0.331 e. The average Bonchev–Trinajstić information content (AvgIpc) is 3.14. The quantitative estimate of drug-likeness (QED) is 0.577. The van der Waals surface area contributed by atoms with Gasteiger partial charge in [-0.1, -0.05) is 22.9 Å². The third-order valence-electron chi connectivity index (χ3n) is 3.34. The maximum atomic E-state index is 13.1. The first-order valence-corrected chi connectivity index (χ1v) is 8.99. The second-order valence-electron chi connectivity index (χ2n) is 5.40. The van der Waals surface area contributed by atoms with Gasteiger partial charge in [-0.05, 0) is 42.5 Å². The fraction of sp³-hybridized carbons (Fsp3) is 0.0588. The topological polar surface area (TPSA) is 96.0 Å². The van der Waals surface area contributed by atoms with Gasteiger partial charge in [-0.2, -0.15) is 0 Å². The summed E-state index contributed by atoms with van der Waals surface area (Å²) in [5, 5.41) is 15.6. The molecular formula is C17H12ClF2N5O2S. The predicted molar refractivity (Wildman–Crippen MR) is 102 cm³/mol. The van der Waals surface area contributed by atoms with Crippen LogP contribution in [0, 0.1) is 11.6 Å². The molecule has 3 aromatic rings. The second kappa shape index (κ2) is 8.72. The largest absolute Gasteiger partial charge is 0.331 e. The molecule has 1 aromatic heterocycles. The fourth-order valence-corrected chi connectivity index (χ4v) is 2.89. The summed E-state index contributed by atoms with van der Waals surface area (Å²) < 4.78 is 26.0. The number of urea groups is 1. The Morgan fingerprint density at radius 1 is 1.00 bits per heavy atom. The molecular weight excluding hydrogens is 412 g/mol. The number of halogens is 3. The van der Waals surface area contributed by atoms with Gasteiger partial charge in [0.25, 0.3) is 5.91 Å². The van der Waals surface area contributed by atoms with Crippen molar-refractivity contribution >= 4 is 46.3 Å². The number of nitrogens with one attached hydrogen (secondary N) is 3. The van der Waals surface area contributed by atoms with Crippen LogP contribution >= 0.6 is 22.9 Å². The molecule has 0 spiro atoms. The molecule has 0 saturated heterocycles. The monoisotopic (exact) mass is 423 g/mol. The summed E-state index contributed by atoms with van der Waals surface area (Å²) in [6.07, 6.45) is 0. The molecule has 3 amide bonds. The van der Waals surface area contributed by atoms with Gasteiger partial charge in [0.1, 0.15) is 16.6 Å². The zero-order chi connectivity index (χ0) is 20.1. The Morgan fingerprint density at radius 2 is 1.71 bits per heavy atom. The summed E-state index contributed by atoms with van der Waals surface area (Å²) in [7, 11) is 0. The highest BCUT2D eigenvalue weighted by molar-refractivity contribution is 7.13. The third-order valence-corrected chi connectivity index (χ3v) is 4.55. The molecule has 1 heterocycles. The van der Waals surface area contributed by atoms with Crippen LogP contribution in [0.1, 0.15) is 14.8 Å². The number of amides is 3. The van der Waals surface area contributed by atoms with Crippen molar-refractivity contribution in [1.29, 1.82) is 0 Å². The SMILES string of the molecule is O=C(NCc1nnc(C(=O)Nc2ccc(F)cc2)s1)Nc1ccc(F)c(Cl)c1. The Morgan fingerprint density at radius 3 is 2.43 bits per heavy atom. The molecule has 144 valence electrons. The summed E-state index contributed by atoms with van der Waals surface area (Å²) in [5.74, 6) is -1.50. The summed E-state index contributed by atoms with van der Waals surface area (Å²) >= 11 is 6.64. The van der Waals surface area contributed by atoms with Gasteiger partial charge in [-0.15, -0.1) is 10.2 Å². The van der Waals surface area contributed by atoms with Crippen molar-refractivity contribution in [2.45, 2.75) is 6.54 Å². The number of aromatic nitrogens is 2. The van der Waals surface area contributed by atoms with Crippen molar-refractivity contribution in [3.05, 3.63) is 69.1 Å². The van der Waals surface area contributed by atoms with Crippen molar-refractivity contribution < 1.29 is 18.4 Å². The normalized spacial score (nSPS) is 10.4. The standard InChI is InChI=1S/C17H12ClF2N5O2S/c18-12-7-11(5-6-13(12)20)23-17(27)21-8-14-24-25-16(28-14)15(26)22-10-3-1-9(19)2-4-10/h1-7H,8H2,(H,22,26)(H2,21,23,27). The number of benzene rings is 2. The molecule has 3 rings (SSSR count). The van der Waals surface area contributed by atoms with E-state index >= 15 is 0 Å². The van der Waals surface area contributed by atoms with E-state index in [1.54, 1.807) is 0 Å². The minimum absolute atomic E-state index is 0.0300. The Kier molecular flexibility index (Phi) is 6.12. The lowest BCUT2D eigenvalue weighted by Crippen LogP contribution is -2.28. The summed E-state index contributed by atoms with van der Waals surface area (Å²) in [6.45, 7) is 0.0300. The van der Waals surface area contributed by atoms with E-state index in [1.807, 2.05) is 0 Å². The van der Waals surface area contributed by atoms with Crippen molar-refractivity contribution in [3.63, 3.8) is 0 Å². The highest BCUT2D eigenvalue weighted by Crippen LogP contribution is 2.19. The van der Waals surface area contributed by atoms with Crippen LogP contribution in [0.2, 0.25) is 5.02 Å². The maximum absolute atomic E-state index is 13.1. The van der Waals surface area contributed by atoms with Crippen molar-refractivity contribution in [1.82, 2.24) is 15.5 Å². The van der Waals surface area contributed by atoms with Gasteiger partial charge in [0.2, 0.25) is 5.01 Å². The molecule has 0 radical (unpaired) electrons. The highest BCUT2D eigenvalue weighted by atomic mass is 35.5. The molecule has 2 aromatic carbocycles. The lowest BCUT2D eigenvalue weighted by molar-refractivity contribution is 0.102. The van der Waals surface area contributed by atoms with Crippen LogP contribution in [0.4, 0.5) is 25.0 Å². The predicted octanol–water partition coefficient (Wildman–Crippen LogP) is 4.04. The van der Waals surface area contributed by atoms with Crippen LogP contribution in [-0.2, 0) is 6.54 Å². The number of anilines is 2. The van der Waals surface area contributed by atoms with Gasteiger partial charge in [-0.25, -0.2) is 13.6 Å². The summed E-state index contributed by atoms with van der Waals surface area (Å²) in [6, 6.07) is 8.49. The minimum atomic E-state index is -0.590. The van der Waals surface area contributed by atoms with Crippen LogP contribution in [0.5, 0.6) is 0 Å². The van der Waals surface area contributed by atoms with Crippen molar-refractivity contribution in [3.8, 4) is 0 Å². The first kappa shape index (κ1) is 19.6. The Balaban J connectivity index is 1.52. The molecule has 0 saturated carbocycles. The molecule has 0 aliphatic heterocycles. The van der Waals surface area contributed by atoms with E-state index in [0.29, 0.717) is 16.4 Å². The molecule has 28 heavy (non-hydrogen) atoms. The van der Waals surface area contributed by atoms with E-state index in [-0.39, 0.29) is 16.6 Å². The Hall–Kier alpha value is -3.11. The molecule has 7 nitrogen and oxygen atoms in total. The molecule has 0 fully saturated rings. The van der Waals surface area contributed by atoms with E-state index in [1.165, 1.54) is 36.4 Å². The van der Waals surface area contributed by atoms with E-state index in [0.717, 1.165) is 17.4 Å². The number of nitrogens with zero attached hydrogens (tertiary/aromatic N) is 2. The van der Waals surface area contributed by atoms with Crippen LogP contribution in [0.15, 0.2) is 42.5 Å². The lowest BCUT2D eigenvalue weighted by atomic mass is 10.3. The smallest absolute Gasteiger partial charge is 0.319 e. The van der Waals surface area contributed by atoms with Crippen molar-refractivity contribution in [2.75, 3.05) is 10.6 Å². The van der Waals surface area contributed by atoms with Crippen LogP contribution in [0.3, 0.4) is 0 Å². The molecule has 0 unspecified atom stereocenters. The third kappa shape index (κ3) is 5.21. The van der Waals surface area contributed by atoms with Gasteiger partial charge < -0.3 is 16.0 Å². The van der Waals surface area contributed by atoms with E-state index < -0.39 is 23.6 Å². The van der Waals surface area contributed by atoms with Gasteiger partial charge >= 0.3 is 6.03 Å². The van der Waals surface area contributed by atoms with E-state index in [2.05, 4.69) is 26.1 Å². The molecule has 3 N–H and O–H groups in total. The highest BCUT2D eigenvalue weighted by Gasteiger charge is 2.14. The lowest BCUT2D eigenvalue weighted by Gasteiger charge is -2.06. The first-order valence-electron chi connectivity index (χ1n) is 7.80. The zero-order valence-electron chi connectivity index (χ0n) is 14.0. The van der Waals surface area contributed by atoms with Crippen molar-refractivity contribution in [2.24, 2.45) is 0 Å². The molecule has 11 heteroatoms. The summed E-state index contributed by atoms with van der Waals surface area (Å²) in [4.78, 5) is 24.0. The van der Waals surface area contributed by atoms with Crippen LogP contribution in [-0.4, -0.2) is 22.1 Å². The average molecular weight is 424 g/mol. The van der Waals surface area contributed by atoms with E-state index in [9.17, 15) is 18.4 Å². The number of carbonyl (C=O) groups is 2. The second-order valence-corrected chi connectivity index (χ2v) is 6.87. The molecule has 0 bridgehead atoms. The Bertz CT molecular complexity index is 1010. The fourth-order valence-electron chi connectivity index (χ4n) is 2.04. The van der Waals surface area contributed by atoms with Gasteiger partial charge in [0, 0.05) is 11.4 Å². The molecule has 0 aliphatic rings. The number of hydrogen-bond donors (Lipinski definition) is 3. The summed E-state index contributed by atoms with van der Waals surface area (Å²) in [5.41, 5.74) is 0.735. The van der Waals surface area contributed by atoms with Crippen LogP contribution in [0.25, 0.3) is 0 Å². The van der Waals surface area contributed by atoms with Gasteiger partial charge in [0.05, 0.1) is 11.6 Å². The number of hydrogen-bond acceptors (Lipinski definition) is 5. The molecule has 0 aliphatic carbocycles. The zero-order valence-corrected chi connectivity index (χ0v) is 15.6. The molecule has 0 atom stereocenters. The maximum Gasteiger partial charge on any atom is 0.319 e. The number of rotatable bonds is 5. The number of carbonyl (C=O) groups excluding carboxylic acids is 2. The van der Waals surface area contributed by atoms with Gasteiger partial charge in [0.15, 0.2) is 0 Å². The van der Waals surface area contributed by atoms with E-state index in [4.69, 9.17) is 11.6 Å². The van der Waals surface area contributed by atoms with Gasteiger partial charge in [-0.3, -0.25) is 4.79 Å². The van der Waals surface area contributed by atoms with Crippen LogP contribution < -0.4 is 16.0 Å².